The second kappa shape index (κ2) is 10.2. The molecule has 10 nitrogen and oxygen atoms in total. The molecule has 4 aliphatic rings. The van der Waals surface area contributed by atoms with Crippen LogP contribution in [0.5, 0.6) is 28.7 Å². The van der Waals surface area contributed by atoms with Gasteiger partial charge in [-0.05, 0) is 57.6 Å². The molecule has 0 radical (unpaired) electrons. The van der Waals surface area contributed by atoms with Gasteiger partial charge in [0.1, 0.15) is 17.2 Å². The Morgan fingerprint density at radius 1 is 0.951 bits per heavy atom. The van der Waals surface area contributed by atoms with E-state index in [9.17, 15) is 9.59 Å². The van der Waals surface area contributed by atoms with Crippen LogP contribution in [0.25, 0.3) is 0 Å². The predicted molar refractivity (Wildman–Crippen MR) is 147 cm³/mol. The van der Waals surface area contributed by atoms with Gasteiger partial charge in [0.2, 0.25) is 12.5 Å². The average molecular weight is 568 g/mol. The van der Waals surface area contributed by atoms with Crippen LogP contribution in [0, 0.1) is 0 Å². The summed E-state index contributed by atoms with van der Waals surface area (Å²) in [7, 11) is 4.58. The van der Waals surface area contributed by atoms with Crippen molar-refractivity contribution in [3.63, 3.8) is 0 Å². The van der Waals surface area contributed by atoms with E-state index in [1.807, 2.05) is 20.8 Å². The normalized spacial score (nSPS) is 21.3. The lowest BCUT2D eigenvalue weighted by Gasteiger charge is -2.42. The molecule has 6 rings (SSSR count). The fraction of sp³-hybridized carbons (Fsp3) is 0.548. The lowest BCUT2D eigenvalue weighted by molar-refractivity contribution is -0.0195. The molecular weight excluding hydrogens is 530 g/mol. The molecule has 0 unspecified atom stereocenters. The molecule has 1 fully saturated rings. The predicted octanol–water partition coefficient (Wildman–Crippen LogP) is 5.84. The number of cyclic esters (lactones) is 1. The Morgan fingerprint density at radius 2 is 1.66 bits per heavy atom. The molecule has 0 spiro atoms. The zero-order valence-corrected chi connectivity index (χ0v) is 24.5. The largest absolute Gasteiger partial charge is 0.493 e. The minimum Gasteiger partial charge on any atom is -0.493 e. The maximum absolute atomic E-state index is 13.8. The standard InChI is InChI=1S/C31H37NO9/c1-31(2,3)41-30(34)32-14-13-17-20(16-9-7-8-10-16)27-28(39-15-38-27)26(37-6)21(17)23(32)24-18-11-12-19(35-4)25(36-5)22(18)29(33)40-24/h11-12,16,23-24H,7-10,13-15H2,1-6H3/t23-,24+/m1/s1. The molecule has 41 heavy (non-hydrogen) atoms. The number of rotatable bonds is 5. The maximum atomic E-state index is 13.8. The fourth-order valence-electron chi connectivity index (χ4n) is 6.85. The summed E-state index contributed by atoms with van der Waals surface area (Å²) >= 11 is 0. The van der Waals surface area contributed by atoms with Crippen LogP contribution < -0.4 is 23.7 Å². The molecule has 0 N–H and O–H groups in total. The summed E-state index contributed by atoms with van der Waals surface area (Å²) in [4.78, 5) is 28.9. The van der Waals surface area contributed by atoms with E-state index in [-0.39, 0.29) is 12.4 Å². The number of hydrogen-bond acceptors (Lipinski definition) is 9. The Balaban J connectivity index is 1.59. The summed E-state index contributed by atoms with van der Waals surface area (Å²) in [5.74, 6) is 2.21. The van der Waals surface area contributed by atoms with E-state index >= 15 is 0 Å². The van der Waals surface area contributed by atoms with Crippen LogP contribution in [0.1, 0.15) is 97.1 Å². The Kier molecular flexibility index (Phi) is 6.82. The second-order valence-electron chi connectivity index (χ2n) is 11.8. The van der Waals surface area contributed by atoms with Crippen LogP contribution in [0.15, 0.2) is 12.1 Å². The smallest absolute Gasteiger partial charge is 0.410 e. The van der Waals surface area contributed by atoms with E-state index in [1.54, 1.807) is 24.1 Å². The number of hydrogen-bond donors (Lipinski definition) is 0. The van der Waals surface area contributed by atoms with Gasteiger partial charge in [-0.25, -0.2) is 9.59 Å². The summed E-state index contributed by atoms with van der Waals surface area (Å²) in [6.07, 6.45) is 3.60. The number of fused-ring (bicyclic) bond motifs is 3. The van der Waals surface area contributed by atoms with Gasteiger partial charge in [-0.1, -0.05) is 18.9 Å². The first-order valence-corrected chi connectivity index (χ1v) is 14.2. The third-order valence-corrected chi connectivity index (χ3v) is 8.40. The highest BCUT2D eigenvalue weighted by atomic mass is 16.7. The van der Waals surface area contributed by atoms with Crippen molar-refractivity contribution in [2.24, 2.45) is 0 Å². The SMILES string of the molecule is COc1ccc2c(c1OC)C(=O)O[C@@H]2[C@H]1c2c(c(C3CCCC3)c3c(c2OC)OCO3)CCN1C(=O)OC(C)(C)C. The van der Waals surface area contributed by atoms with Crippen LogP contribution in [-0.4, -0.2) is 57.2 Å². The zero-order chi connectivity index (χ0) is 29.1. The first-order chi connectivity index (χ1) is 19.7. The first kappa shape index (κ1) is 27.4. The molecule has 3 aliphatic heterocycles. The highest BCUT2D eigenvalue weighted by Crippen LogP contribution is 2.59. The van der Waals surface area contributed by atoms with Gasteiger partial charge < -0.3 is 33.2 Å². The van der Waals surface area contributed by atoms with Crippen molar-refractivity contribution in [2.75, 3.05) is 34.7 Å². The van der Waals surface area contributed by atoms with Crippen LogP contribution in [-0.2, 0) is 15.9 Å². The second-order valence-corrected chi connectivity index (χ2v) is 11.8. The highest BCUT2D eigenvalue weighted by molar-refractivity contribution is 5.98. The summed E-state index contributed by atoms with van der Waals surface area (Å²) in [5, 5.41) is 0. The molecule has 0 bridgehead atoms. The highest BCUT2D eigenvalue weighted by Gasteiger charge is 2.50. The minimum atomic E-state index is -0.852. The van der Waals surface area contributed by atoms with E-state index in [1.165, 1.54) is 14.2 Å². The molecule has 220 valence electrons. The number of amides is 1. The maximum Gasteiger partial charge on any atom is 0.410 e. The van der Waals surface area contributed by atoms with Crippen molar-refractivity contribution in [3.8, 4) is 28.7 Å². The van der Waals surface area contributed by atoms with Gasteiger partial charge in [0, 0.05) is 23.2 Å². The molecule has 2 aromatic carbocycles. The Bertz CT molecular complexity index is 1390. The quantitative estimate of drug-likeness (QED) is 0.412. The minimum absolute atomic E-state index is 0.0903. The third-order valence-electron chi connectivity index (χ3n) is 8.40. The number of carbonyl (C=O) groups excluding carboxylic acids is 2. The summed E-state index contributed by atoms with van der Waals surface area (Å²) < 4.78 is 41.1. The lowest BCUT2D eigenvalue weighted by Crippen LogP contribution is -2.45. The van der Waals surface area contributed by atoms with E-state index < -0.39 is 29.8 Å². The number of esters is 1. The van der Waals surface area contributed by atoms with Crippen LogP contribution >= 0.6 is 0 Å². The summed E-state index contributed by atoms with van der Waals surface area (Å²) in [5.41, 5.74) is 3.10. The van der Waals surface area contributed by atoms with E-state index in [0.717, 1.165) is 48.1 Å². The summed E-state index contributed by atoms with van der Waals surface area (Å²) in [6, 6.07) is 2.79. The molecule has 0 aromatic heterocycles. The average Bonchev–Trinajstić information content (AvgIpc) is 3.70. The van der Waals surface area contributed by atoms with Crippen molar-refractivity contribution in [3.05, 3.63) is 39.9 Å². The van der Waals surface area contributed by atoms with Crippen molar-refractivity contribution < 1.29 is 42.7 Å². The topological polar surface area (TPSA) is 102 Å². The molecule has 1 aliphatic carbocycles. The van der Waals surface area contributed by atoms with Gasteiger partial charge in [-0.3, -0.25) is 4.90 Å². The van der Waals surface area contributed by atoms with E-state index in [4.69, 9.17) is 33.2 Å². The van der Waals surface area contributed by atoms with Gasteiger partial charge in [-0.15, -0.1) is 0 Å². The Morgan fingerprint density at radius 3 is 2.32 bits per heavy atom. The monoisotopic (exact) mass is 567 g/mol. The Hall–Kier alpha value is -3.82. The van der Waals surface area contributed by atoms with E-state index in [2.05, 4.69) is 0 Å². The zero-order valence-electron chi connectivity index (χ0n) is 24.5. The molecular formula is C31H37NO9. The molecule has 3 heterocycles. The van der Waals surface area contributed by atoms with Gasteiger partial charge in [0.15, 0.2) is 29.1 Å². The molecule has 2 atom stereocenters. The molecule has 1 amide bonds. The third kappa shape index (κ3) is 4.38. The molecule has 1 saturated carbocycles. The van der Waals surface area contributed by atoms with Gasteiger partial charge in [0.25, 0.3) is 0 Å². The number of nitrogens with zero attached hydrogens (tertiary/aromatic N) is 1. The molecule has 10 heteroatoms. The first-order valence-electron chi connectivity index (χ1n) is 14.2. The van der Waals surface area contributed by atoms with Gasteiger partial charge >= 0.3 is 12.1 Å². The fourth-order valence-corrected chi connectivity index (χ4v) is 6.85. The Labute approximate surface area is 239 Å². The molecule has 2 aromatic rings. The number of ether oxygens (including phenoxy) is 7. The van der Waals surface area contributed by atoms with E-state index in [0.29, 0.717) is 47.4 Å². The number of benzene rings is 2. The van der Waals surface area contributed by atoms with Gasteiger partial charge in [0.05, 0.1) is 21.3 Å². The lowest BCUT2D eigenvalue weighted by atomic mass is 9.79. The molecule has 0 saturated heterocycles. The van der Waals surface area contributed by atoms with Crippen LogP contribution in [0.3, 0.4) is 0 Å². The van der Waals surface area contributed by atoms with Gasteiger partial charge in [-0.2, -0.15) is 0 Å². The number of methoxy groups -OCH3 is 3. The van der Waals surface area contributed by atoms with Crippen molar-refractivity contribution >= 4 is 12.1 Å². The summed E-state index contributed by atoms with van der Waals surface area (Å²) in [6.45, 7) is 5.95. The van der Waals surface area contributed by atoms with Crippen LogP contribution in [0.4, 0.5) is 4.79 Å². The van der Waals surface area contributed by atoms with Crippen molar-refractivity contribution in [1.29, 1.82) is 0 Å². The van der Waals surface area contributed by atoms with Crippen molar-refractivity contribution in [2.45, 2.75) is 76.5 Å². The number of carbonyl (C=O) groups is 2. The van der Waals surface area contributed by atoms with Crippen molar-refractivity contribution in [1.82, 2.24) is 4.90 Å². The van der Waals surface area contributed by atoms with Crippen LogP contribution in [0.2, 0.25) is 0 Å².